The van der Waals surface area contributed by atoms with E-state index in [-0.39, 0.29) is 5.91 Å². The van der Waals surface area contributed by atoms with Gasteiger partial charge in [-0.25, -0.2) is 0 Å². The predicted molar refractivity (Wildman–Crippen MR) is 122 cm³/mol. The van der Waals surface area contributed by atoms with Crippen LogP contribution in [-0.2, 0) is 11.4 Å². The van der Waals surface area contributed by atoms with Crippen LogP contribution >= 0.6 is 39.7 Å². The zero-order valence-electron chi connectivity index (χ0n) is 16.2. The molecule has 152 valence electrons. The van der Waals surface area contributed by atoms with E-state index in [0.717, 1.165) is 15.6 Å². The molecule has 1 heterocycles. The standard InChI is InChI=1S/C21H20BrClN2O3S/c1-4-25-20(26)17(24(2)21(25)29)10-14-9-16(22)19(18(11-14)27-3)28-12-13-5-7-15(23)8-6-13/h5-11H,4,12H2,1-3H3/b17-10-. The number of ether oxygens (including phenoxy) is 2. The molecule has 0 bridgehead atoms. The molecule has 1 amide bonds. The fraction of sp³-hybridized carbons (Fsp3) is 0.238. The van der Waals surface area contributed by atoms with Crippen molar-refractivity contribution >= 4 is 56.8 Å². The first-order valence-corrected chi connectivity index (χ1v) is 10.5. The topological polar surface area (TPSA) is 42.0 Å². The van der Waals surface area contributed by atoms with E-state index >= 15 is 0 Å². The molecule has 0 aliphatic carbocycles. The van der Waals surface area contributed by atoms with Crippen LogP contribution in [0.15, 0.2) is 46.6 Å². The number of halogens is 2. The van der Waals surface area contributed by atoms with E-state index in [9.17, 15) is 4.79 Å². The van der Waals surface area contributed by atoms with Crippen LogP contribution in [0.2, 0.25) is 5.02 Å². The van der Waals surface area contributed by atoms with Crippen LogP contribution in [0.3, 0.4) is 0 Å². The molecular formula is C21H20BrClN2O3S. The van der Waals surface area contributed by atoms with Crippen molar-refractivity contribution in [1.82, 2.24) is 9.80 Å². The number of rotatable bonds is 6. The summed E-state index contributed by atoms with van der Waals surface area (Å²) in [5.74, 6) is 1.03. The van der Waals surface area contributed by atoms with Crippen molar-refractivity contribution in [2.45, 2.75) is 13.5 Å². The lowest BCUT2D eigenvalue weighted by Gasteiger charge is -2.15. The lowest BCUT2D eigenvalue weighted by Crippen LogP contribution is -2.30. The van der Waals surface area contributed by atoms with Gasteiger partial charge in [-0.1, -0.05) is 23.7 Å². The molecule has 2 aromatic rings. The Hall–Kier alpha value is -2.09. The van der Waals surface area contributed by atoms with Gasteiger partial charge in [-0.15, -0.1) is 0 Å². The van der Waals surface area contributed by atoms with Crippen LogP contribution in [0.1, 0.15) is 18.1 Å². The summed E-state index contributed by atoms with van der Waals surface area (Å²) in [5, 5.41) is 1.18. The molecule has 1 saturated heterocycles. The average molecular weight is 496 g/mol. The maximum absolute atomic E-state index is 12.6. The number of thiocarbonyl (C=S) groups is 1. The molecule has 5 nitrogen and oxygen atoms in total. The quantitative estimate of drug-likeness (QED) is 0.411. The van der Waals surface area contributed by atoms with Crippen molar-refractivity contribution in [2.75, 3.05) is 20.7 Å². The van der Waals surface area contributed by atoms with Gasteiger partial charge in [0.2, 0.25) is 0 Å². The van der Waals surface area contributed by atoms with Crippen molar-refractivity contribution in [2.24, 2.45) is 0 Å². The summed E-state index contributed by atoms with van der Waals surface area (Å²) in [4.78, 5) is 15.9. The summed E-state index contributed by atoms with van der Waals surface area (Å²) in [7, 11) is 3.37. The fourth-order valence-electron chi connectivity index (χ4n) is 2.95. The summed E-state index contributed by atoms with van der Waals surface area (Å²) in [6, 6.07) is 11.2. The van der Waals surface area contributed by atoms with Gasteiger partial charge in [0.1, 0.15) is 12.3 Å². The largest absolute Gasteiger partial charge is 0.493 e. The number of hydrogen-bond donors (Lipinski definition) is 0. The number of carbonyl (C=O) groups excluding carboxylic acids is 1. The zero-order chi connectivity index (χ0) is 21.1. The number of carbonyl (C=O) groups is 1. The van der Waals surface area contributed by atoms with Crippen molar-refractivity contribution in [3.8, 4) is 11.5 Å². The van der Waals surface area contributed by atoms with Crippen LogP contribution in [0, 0.1) is 0 Å². The molecule has 2 aromatic carbocycles. The molecule has 29 heavy (non-hydrogen) atoms. The van der Waals surface area contributed by atoms with Crippen LogP contribution in [-0.4, -0.2) is 41.5 Å². The average Bonchev–Trinajstić information content (AvgIpc) is 2.91. The van der Waals surface area contributed by atoms with Gasteiger partial charge in [-0.05, 0) is 76.5 Å². The second-order valence-electron chi connectivity index (χ2n) is 6.37. The van der Waals surface area contributed by atoms with Gasteiger partial charge in [0.15, 0.2) is 16.6 Å². The van der Waals surface area contributed by atoms with E-state index in [4.69, 9.17) is 33.3 Å². The molecule has 0 unspecified atom stereocenters. The molecule has 0 saturated carbocycles. The number of hydrogen-bond acceptors (Lipinski definition) is 4. The smallest absolute Gasteiger partial charge is 0.276 e. The fourth-order valence-corrected chi connectivity index (χ4v) is 3.96. The van der Waals surface area contributed by atoms with Crippen LogP contribution in [0.5, 0.6) is 11.5 Å². The molecule has 0 N–H and O–H groups in total. The van der Waals surface area contributed by atoms with Gasteiger partial charge in [-0.2, -0.15) is 0 Å². The number of amides is 1. The monoisotopic (exact) mass is 494 g/mol. The molecular weight excluding hydrogens is 476 g/mol. The first-order valence-electron chi connectivity index (χ1n) is 8.91. The van der Waals surface area contributed by atoms with E-state index < -0.39 is 0 Å². The zero-order valence-corrected chi connectivity index (χ0v) is 19.4. The highest BCUT2D eigenvalue weighted by molar-refractivity contribution is 9.10. The number of benzene rings is 2. The molecule has 1 aliphatic heterocycles. The maximum atomic E-state index is 12.6. The summed E-state index contributed by atoms with van der Waals surface area (Å²) >= 11 is 14.8. The molecule has 0 atom stereocenters. The van der Waals surface area contributed by atoms with E-state index in [1.807, 2.05) is 43.3 Å². The van der Waals surface area contributed by atoms with Gasteiger partial charge in [-0.3, -0.25) is 9.69 Å². The Labute approximate surface area is 189 Å². The third kappa shape index (κ3) is 4.57. The minimum atomic E-state index is -0.113. The molecule has 0 spiro atoms. The molecule has 0 aromatic heterocycles. The van der Waals surface area contributed by atoms with E-state index in [2.05, 4.69) is 15.9 Å². The van der Waals surface area contributed by atoms with Crippen molar-refractivity contribution in [1.29, 1.82) is 0 Å². The third-order valence-electron chi connectivity index (χ3n) is 4.51. The summed E-state index contributed by atoms with van der Waals surface area (Å²) in [6.07, 6.45) is 1.79. The summed E-state index contributed by atoms with van der Waals surface area (Å²) < 4.78 is 12.2. The first kappa shape index (κ1) is 21.6. The highest BCUT2D eigenvalue weighted by atomic mass is 79.9. The molecule has 0 radical (unpaired) electrons. The Morgan fingerprint density at radius 1 is 1.24 bits per heavy atom. The van der Waals surface area contributed by atoms with Crippen LogP contribution in [0.4, 0.5) is 0 Å². The maximum Gasteiger partial charge on any atom is 0.276 e. The number of methoxy groups -OCH3 is 1. The molecule has 8 heteroatoms. The van der Waals surface area contributed by atoms with Gasteiger partial charge < -0.3 is 14.4 Å². The minimum Gasteiger partial charge on any atom is -0.493 e. The van der Waals surface area contributed by atoms with Crippen LogP contribution < -0.4 is 9.47 Å². The molecule has 3 rings (SSSR count). The van der Waals surface area contributed by atoms with Gasteiger partial charge in [0, 0.05) is 18.6 Å². The Bertz CT molecular complexity index is 979. The van der Waals surface area contributed by atoms with Gasteiger partial charge in [0.25, 0.3) is 5.91 Å². The van der Waals surface area contributed by atoms with Crippen LogP contribution in [0.25, 0.3) is 6.08 Å². The second kappa shape index (κ2) is 9.15. The van der Waals surface area contributed by atoms with Crippen molar-refractivity contribution in [3.05, 3.63) is 62.7 Å². The minimum absolute atomic E-state index is 0.113. The third-order valence-corrected chi connectivity index (χ3v) is 5.85. The Morgan fingerprint density at radius 2 is 1.93 bits per heavy atom. The summed E-state index contributed by atoms with van der Waals surface area (Å²) in [6.45, 7) is 2.80. The lowest BCUT2D eigenvalue weighted by atomic mass is 10.1. The molecule has 1 fully saturated rings. The summed E-state index contributed by atoms with van der Waals surface area (Å²) in [5.41, 5.74) is 2.30. The number of likely N-dealkylation sites (N-methyl/N-ethyl adjacent to an activating group) is 2. The van der Waals surface area contributed by atoms with Gasteiger partial charge in [0.05, 0.1) is 11.6 Å². The first-order chi connectivity index (χ1) is 13.8. The Balaban J connectivity index is 1.87. The normalized spacial score (nSPS) is 15.4. The Morgan fingerprint density at radius 3 is 2.52 bits per heavy atom. The van der Waals surface area contributed by atoms with Crippen molar-refractivity contribution in [3.63, 3.8) is 0 Å². The van der Waals surface area contributed by atoms with Crippen molar-refractivity contribution < 1.29 is 14.3 Å². The SMILES string of the molecule is CCN1C(=O)/C(=C/c2cc(Br)c(OCc3ccc(Cl)cc3)c(OC)c2)N(C)C1=S. The number of nitrogens with zero attached hydrogens (tertiary/aromatic N) is 2. The molecule has 1 aliphatic rings. The van der Waals surface area contributed by atoms with E-state index in [1.165, 1.54) is 0 Å². The second-order valence-corrected chi connectivity index (χ2v) is 8.03. The highest BCUT2D eigenvalue weighted by Gasteiger charge is 2.34. The predicted octanol–water partition coefficient (Wildman–Crippen LogP) is 5.11. The Kier molecular flexibility index (Phi) is 6.82. The highest BCUT2D eigenvalue weighted by Crippen LogP contribution is 2.38. The van der Waals surface area contributed by atoms with Gasteiger partial charge >= 0.3 is 0 Å². The van der Waals surface area contributed by atoms with E-state index in [1.54, 1.807) is 30.0 Å². The lowest BCUT2D eigenvalue weighted by molar-refractivity contribution is -0.122. The van der Waals surface area contributed by atoms with E-state index in [0.29, 0.717) is 40.5 Å².